The molecular weight excluding hydrogens is 328 g/mol. The minimum atomic E-state index is -0.110. The number of rotatable bonds is 6. The molecule has 5 nitrogen and oxygen atoms in total. The molecule has 0 bridgehead atoms. The Balaban J connectivity index is 1.57. The summed E-state index contributed by atoms with van der Waals surface area (Å²) in [5.74, 6) is 1.43. The number of likely N-dealkylation sites (tertiary alicyclic amines) is 1. The van der Waals surface area contributed by atoms with E-state index in [0.29, 0.717) is 29.7 Å². The second kappa shape index (κ2) is 8.56. The number of carbonyl (C=O) groups excluding carboxylic acids is 2. The highest BCUT2D eigenvalue weighted by Gasteiger charge is 2.32. The quantitative estimate of drug-likeness (QED) is 0.849. The summed E-state index contributed by atoms with van der Waals surface area (Å²) in [5, 5.41) is 2.91. The van der Waals surface area contributed by atoms with Crippen molar-refractivity contribution in [1.82, 2.24) is 10.2 Å². The lowest BCUT2D eigenvalue weighted by Gasteiger charge is -2.37. The first-order valence-electron chi connectivity index (χ1n) is 9.86. The van der Waals surface area contributed by atoms with Gasteiger partial charge in [0, 0.05) is 31.0 Å². The molecule has 1 unspecified atom stereocenters. The molecule has 2 fully saturated rings. The van der Waals surface area contributed by atoms with Gasteiger partial charge in [0.1, 0.15) is 5.75 Å². The molecule has 26 heavy (non-hydrogen) atoms. The van der Waals surface area contributed by atoms with Gasteiger partial charge in [-0.1, -0.05) is 18.6 Å². The van der Waals surface area contributed by atoms with Crippen LogP contribution in [0.15, 0.2) is 24.3 Å². The largest absolute Gasteiger partial charge is 0.492 e. The Morgan fingerprint density at radius 1 is 1.19 bits per heavy atom. The van der Waals surface area contributed by atoms with Crippen molar-refractivity contribution in [2.45, 2.75) is 52.0 Å². The van der Waals surface area contributed by atoms with Crippen molar-refractivity contribution in [2.75, 3.05) is 19.7 Å². The highest BCUT2D eigenvalue weighted by Crippen LogP contribution is 2.30. The Labute approximate surface area is 156 Å². The predicted octanol–water partition coefficient (Wildman–Crippen LogP) is 3.24. The highest BCUT2D eigenvalue weighted by atomic mass is 16.5. The monoisotopic (exact) mass is 358 g/mol. The van der Waals surface area contributed by atoms with Crippen LogP contribution in [0.5, 0.6) is 5.75 Å². The maximum atomic E-state index is 12.5. The topological polar surface area (TPSA) is 58.6 Å². The first-order chi connectivity index (χ1) is 12.5. The van der Waals surface area contributed by atoms with Crippen LogP contribution >= 0.6 is 0 Å². The summed E-state index contributed by atoms with van der Waals surface area (Å²) in [6.07, 6.45) is 5.38. The van der Waals surface area contributed by atoms with E-state index in [1.54, 1.807) is 6.07 Å². The molecule has 1 saturated heterocycles. The van der Waals surface area contributed by atoms with Gasteiger partial charge in [-0.25, -0.2) is 0 Å². The number of ether oxygens (including phenoxy) is 1. The van der Waals surface area contributed by atoms with E-state index in [0.717, 1.165) is 38.8 Å². The van der Waals surface area contributed by atoms with Crippen molar-refractivity contribution in [2.24, 2.45) is 11.8 Å². The number of nitrogens with zero attached hydrogens (tertiary/aromatic N) is 1. The predicted molar refractivity (Wildman–Crippen MR) is 101 cm³/mol. The number of hydrogen-bond acceptors (Lipinski definition) is 3. The average molecular weight is 358 g/mol. The Morgan fingerprint density at radius 3 is 2.65 bits per heavy atom. The maximum absolute atomic E-state index is 12.5. The number of benzene rings is 1. The normalized spacial score (nSPS) is 20.6. The van der Waals surface area contributed by atoms with Crippen molar-refractivity contribution in [3.8, 4) is 5.75 Å². The average Bonchev–Trinajstić information content (AvgIpc) is 2.58. The molecule has 0 spiro atoms. The molecule has 1 heterocycles. The van der Waals surface area contributed by atoms with Crippen LogP contribution in [0, 0.1) is 11.8 Å². The van der Waals surface area contributed by atoms with Crippen molar-refractivity contribution < 1.29 is 14.3 Å². The number of nitrogens with one attached hydrogen (secondary N) is 1. The summed E-state index contributed by atoms with van der Waals surface area (Å²) < 4.78 is 6.01. The SMILES string of the molecule is CC(C)NC(=O)c1ccccc1OCC1CCCN(C(=O)C2CCC2)C1. The minimum Gasteiger partial charge on any atom is -0.492 e. The summed E-state index contributed by atoms with van der Waals surface area (Å²) in [6.45, 7) is 6.07. The molecule has 0 aromatic heterocycles. The van der Waals surface area contributed by atoms with Crippen LogP contribution in [-0.4, -0.2) is 42.5 Å². The van der Waals surface area contributed by atoms with Crippen molar-refractivity contribution in [3.63, 3.8) is 0 Å². The van der Waals surface area contributed by atoms with Crippen LogP contribution in [0.25, 0.3) is 0 Å². The van der Waals surface area contributed by atoms with Crippen molar-refractivity contribution in [3.05, 3.63) is 29.8 Å². The van der Waals surface area contributed by atoms with Gasteiger partial charge in [-0.05, 0) is 51.7 Å². The fourth-order valence-corrected chi connectivity index (χ4v) is 3.64. The molecule has 1 saturated carbocycles. The highest BCUT2D eigenvalue weighted by molar-refractivity contribution is 5.97. The maximum Gasteiger partial charge on any atom is 0.255 e. The molecule has 2 amide bonds. The second-order valence-electron chi connectivity index (χ2n) is 7.86. The molecule has 1 aromatic rings. The Bertz CT molecular complexity index is 640. The lowest BCUT2D eigenvalue weighted by molar-refractivity contribution is -0.140. The van der Waals surface area contributed by atoms with E-state index in [-0.39, 0.29) is 17.9 Å². The van der Waals surface area contributed by atoms with E-state index in [1.807, 2.05) is 36.9 Å². The molecule has 5 heteroatoms. The van der Waals surface area contributed by atoms with Gasteiger partial charge in [-0.3, -0.25) is 9.59 Å². The molecule has 1 aromatic carbocycles. The number of carbonyl (C=O) groups is 2. The Kier molecular flexibility index (Phi) is 6.17. The number of hydrogen-bond donors (Lipinski definition) is 1. The molecule has 1 aliphatic carbocycles. The van der Waals surface area contributed by atoms with E-state index < -0.39 is 0 Å². The van der Waals surface area contributed by atoms with Crippen LogP contribution in [0.3, 0.4) is 0 Å². The minimum absolute atomic E-state index is 0.0833. The van der Waals surface area contributed by atoms with Gasteiger partial charge in [0.05, 0.1) is 12.2 Å². The first kappa shape index (κ1) is 18.7. The molecule has 142 valence electrons. The van der Waals surface area contributed by atoms with Gasteiger partial charge in [0.15, 0.2) is 0 Å². The fraction of sp³-hybridized carbons (Fsp3) is 0.619. The van der Waals surface area contributed by atoms with Crippen LogP contribution in [0.1, 0.15) is 56.3 Å². The fourth-order valence-electron chi connectivity index (χ4n) is 3.64. The zero-order valence-electron chi connectivity index (χ0n) is 15.9. The Morgan fingerprint density at radius 2 is 1.96 bits per heavy atom. The van der Waals surface area contributed by atoms with Gasteiger partial charge < -0.3 is 15.0 Å². The van der Waals surface area contributed by atoms with Gasteiger partial charge in [0.2, 0.25) is 5.91 Å². The third-order valence-corrected chi connectivity index (χ3v) is 5.31. The van der Waals surface area contributed by atoms with Crippen LogP contribution in [0.4, 0.5) is 0 Å². The van der Waals surface area contributed by atoms with E-state index >= 15 is 0 Å². The third-order valence-electron chi connectivity index (χ3n) is 5.31. The lowest BCUT2D eigenvalue weighted by Crippen LogP contribution is -2.45. The third kappa shape index (κ3) is 4.57. The summed E-state index contributed by atoms with van der Waals surface area (Å²) in [6, 6.07) is 7.45. The van der Waals surface area contributed by atoms with Crippen molar-refractivity contribution in [1.29, 1.82) is 0 Å². The molecule has 1 atom stereocenters. The van der Waals surface area contributed by atoms with E-state index in [2.05, 4.69) is 5.32 Å². The zero-order chi connectivity index (χ0) is 18.5. The van der Waals surface area contributed by atoms with Crippen LogP contribution in [0.2, 0.25) is 0 Å². The van der Waals surface area contributed by atoms with Gasteiger partial charge >= 0.3 is 0 Å². The summed E-state index contributed by atoms with van der Waals surface area (Å²) in [5.41, 5.74) is 0.569. The molecule has 1 N–H and O–H groups in total. The zero-order valence-corrected chi connectivity index (χ0v) is 15.9. The summed E-state index contributed by atoms with van der Waals surface area (Å²) in [7, 11) is 0. The Hall–Kier alpha value is -2.04. The smallest absolute Gasteiger partial charge is 0.255 e. The number of piperidine rings is 1. The lowest BCUT2D eigenvalue weighted by atomic mass is 9.83. The van der Waals surface area contributed by atoms with Crippen LogP contribution in [-0.2, 0) is 4.79 Å². The van der Waals surface area contributed by atoms with E-state index in [9.17, 15) is 9.59 Å². The summed E-state index contributed by atoms with van der Waals surface area (Å²) in [4.78, 5) is 26.8. The first-order valence-corrected chi connectivity index (χ1v) is 9.86. The van der Waals surface area contributed by atoms with E-state index in [4.69, 9.17) is 4.74 Å². The van der Waals surface area contributed by atoms with Gasteiger partial charge in [-0.15, -0.1) is 0 Å². The molecule has 3 rings (SSSR count). The molecular formula is C21H30N2O3. The summed E-state index contributed by atoms with van der Waals surface area (Å²) >= 11 is 0. The number of para-hydroxylation sites is 1. The van der Waals surface area contributed by atoms with Gasteiger partial charge in [-0.2, -0.15) is 0 Å². The molecule has 1 aliphatic heterocycles. The number of amides is 2. The van der Waals surface area contributed by atoms with Crippen LogP contribution < -0.4 is 10.1 Å². The van der Waals surface area contributed by atoms with Crippen molar-refractivity contribution >= 4 is 11.8 Å². The standard InChI is InChI=1S/C21H30N2O3/c1-15(2)22-20(24)18-10-3-4-11-19(18)26-14-16-7-6-12-23(13-16)21(25)17-8-5-9-17/h3-4,10-11,15-17H,5-9,12-14H2,1-2H3,(H,22,24). The molecule has 0 radical (unpaired) electrons. The van der Waals surface area contributed by atoms with Gasteiger partial charge in [0.25, 0.3) is 5.91 Å². The second-order valence-corrected chi connectivity index (χ2v) is 7.86. The molecule has 2 aliphatic rings. The van der Waals surface area contributed by atoms with E-state index in [1.165, 1.54) is 6.42 Å².